The maximum Gasteiger partial charge on any atom is 0.260 e. The maximum absolute atomic E-state index is 12.5. The molecule has 0 aliphatic heterocycles. The lowest BCUT2D eigenvalue weighted by atomic mass is 9.87. The molecule has 1 aromatic carbocycles. The number of carbonyl (C=O) groups is 1. The lowest BCUT2D eigenvalue weighted by Gasteiger charge is -2.19. The van der Waals surface area contributed by atoms with Gasteiger partial charge in [-0.1, -0.05) is 45.0 Å². The number of anilines is 1. The largest absolute Gasteiger partial charge is 0.466 e. The number of hydrogen-bond donors (Lipinski definition) is 1. The Kier molecular flexibility index (Phi) is 4.72. The van der Waals surface area contributed by atoms with E-state index in [2.05, 4.69) is 55.5 Å². The van der Waals surface area contributed by atoms with E-state index in [9.17, 15) is 4.79 Å². The molecule has 0 saturated carbocycles. The summed E-state index contributed by atoms with van der Waals surface area (Å²) in [4.78, 5) is 12.5. The number of nitrogens with one attached hydrogen (secondary N) is 1. The van der Waals surface area contributed by atoms with Crippen molar-refractivity contribution in [2.24, 2.45) is 0 Å². The average Bonchev–Trinajstić information content (AvgIpc) is 3.13. The molecule has 0 radical (unpaired) electrons. The summed E-state index contributed by atoms with van der Waals surface area (Å²) in [6.45, 7) is 10.8. The minimum Gasteiger partial charge on any atom is -0.466 e. The van der Waals surface area contributed by atoms with Gasteiger partial charge in [0.15, 0.2) is 0 Å². The van der Waals surface area contributed by atoms with Gasteiger partial charge >= 0.3 is 0 Å². The molecule has 1 amide bonds. The smallest absolute Gasteiger partial charge is 0.260 e. The van der Waals surface area contributed by atoms with Crippen molar-refractivity contribution < 1.29 is 9.21 Å². The predicted molar refractivity (Wildman–Crippen MR) is 103 cm³/mol. The molecule has 3 aromatic rings. The van der Waals surface area contributed by atoms with E-state index >= 15 is 0 Å². The molecule has 26 heavy (non-hydrogen) atoms. The number of furan rings is 1. The summed E-state index contributed by atoms with van der Waals surface area (Å²) in [5, 5.41) is 7.25. The second kappa shape index (κ2) is 6.83. The molecular weight excluding hydrogens is 326 g/mol. The molecule has 1 N–H and O–H groups in total. The molecule has 0 saturated heterocycles. The van der Waals surface area contributed by atoms with Gasteiger partial charge in [-0.25, -0.2) is 4.68 Å². The highest BCUT2D eigenvalue weighted by Gasteiger charge is 2.16. The number of aryl methyl sites for hydroxylation is 2. The summed E-state index contributed by atoms with van der Waals surface area (Å²) in [6.07, 6.45) is 1.69. The second-order valence-electron chi connectivity index (χ2n) is 7.60. The molecule has 0 aliphatic carbocycles. The van der Waals surface area contributed by atoms with Gasteiger partial charge < -0.3 is 9.73 Å². The van der Waals surface area contributed by atoms with Gasteiger partial charge in [0.05, 0.1) is 18.3 Å². The number of carbonyl (C=O) groups excluding carboxylic acids is 1. The van der Waals surface area contributed by atoms with Crippen LogP contribution in [0.1, 0.15) is 53.8 Å². The molecule has 136 valence electrons. The van der Waals surface area contributed by atoms with Gasteiger partial charge in [0.2, 0.25) is 0 Å². The molecule has 2 heterocycles. The first-order chi connectivity index (χ1) is 12.2. The van der Waals surface area contributed by atoms with Crippen molar-refractivity contribution in [3.63, 3.8) is 0 Å². The Hall–Kier alpha value is -2.82. The normalized spacial score (nSPS) is 11.6. The van der Waals surface area contributed by atoms with Crippen molar-refractivity contribution in [3.05, 3.63) is 70.8 Å². The summed E-state index contributed by atoms with van der Waals surface area (Å²) in [5.74, 6) is 1.81. The summed E-state index contributed by atoms with van der Waals surface area (Å²) < 4.78 is 7.22. The molecule has 0 bridgehead atoms. The van der Waals surface area contributed by atoms with Crippen LogP contribution in [0.25, 0.3) is 0 Å². The Morgan fingerprint density at radius 1 is 1.15 bits per heavy atom. The van der Waals surface area contributed by atoms with Crippen LogP contribution in [-0.2, 0) is 12.0 Å². The predicted octanol–water partition coefficient (Wildman–Crippen LogP) is 4.69. The summed E-state index contributed by atoms with van der Waals surface area (Å²) in [5.41, 5.74) is 3.10. The Labute approximate surface area is 154 Å². The molecule has 0 atom stereocenters. The van der Waals surface area contributed by atoms with Crippen molar-refractivity contribution in [1.82, 2.24) is 9.78 Å². The fraction of sp³-hybridized carbons (Fsp3) is 0.333. The molecule has 5 heteroatoms. The first-order valence-electron chi connectivity index (χ1n) is 8.73. The van der Waals surface area contributed by atoms with Gasteiger partial charge in [-0.3, -0.25) is 4.79 Å². The van der Waals surface area contributed by atoms with E-state index in [-0.39, 0.29) is 11.3 Å². The standard InChI is InChI=1S/C21H25N3O2/c1-14-12-18(15(2)26-14)20(25)23-19-10-11-22-24(19)13-16-6-8-17(9-7-16)21(3,4)5/h6-12H,13H2,1-5H3,(H,23,25). The third-order valence-electron chi connectivity index (χ3n) is 4.40. The van der Waals surface area contributed by atoms with E-state index in [1.165, 1.54) is 5.56 Å². The average molecular weight is 351 g/mol. The molecule has 0 fully saturated rings. The number of rotatable bonds is 4. The van der Waals surface area contributed by atoms with Crippen molar-refractivity contribution in [2.45, 2.75) is 46.6 Å². The number of hydrogen-bond acceptors (Lipinski definition) is 3. The molecule has 0 aliphatic rings. The summed E-state index contributed by atoms with van der Waals surface area (Å²) in [6, 6.07) is 12.1. The van der Waals surface area contributed by atoms with Crippen molar-refractivity contribution in [1.29, 1.82) is 0 Å². The lowest BCUT2D eigenvalue weighted by molar-refractivity contribution is 0.102. The van der Waals surface area contributed by atoms with Gasteiger partial charge in [-0.05, 0) is 36.5 Å². The molecular formula is C21H25N3O2. The number of amides is 1. The minimum absolute atomic E-state index is 0.129. The number of aromatic nitrogens is 2. The van der Waals surface area contributed by atoms with E-state index in [1.807, 2.05) is 6.92 Å². The Bertz CT molecular complexity index is 912. The second-order valence-corrected chi connectivity index (χ2v) is 7.60. The number of benzene rings is 1. The van der Waals surface area contributed by atoms with Gasteiger partial charge in [0.1, 0.15) is 17.3 Å². The Morgan fingerprint density at radius 3 is 2.42 bits per heavy atom. The van der Waals surface area contributed by atoms with Crippen LogP contribution >= 0.6 is 0 Å². The van der Waals surface area contributed by atoms with Crippen LogP contribution in [0.4, 0.5) is 5.82 Å². The van der Waals surface area contributed by atoms with Crippen LogP contribution in [0, 0.1) is 13.8 Å². The zero-order chi connectivity index (χ0) is 18.9. The third kappa shape index (κ3) is 3.87. The van der Waals surface area contributed by atoms with Crippen LogP contribution in [0.5, 0.6) is 0 Å². The van der Waals surface area contributed by atoms with Gasteiger partial charge in [-0.15, -0.1) is 0 Å². The minimum atomic E-state index is -0.191. The van der Waals surface area contributed by atoms with Crippen LogP contribution in [0.15, 0.2) is 47.0 Å². The van der Waals surface area contributed by atoms with Gasteiger partial charge in [0, 0.05) is 6.07 Å². The van der Waals surface area contributed by atoms with Gasteiger partial charge in [-0.2, -0.15) is 5.10 Å². The zero-order valence-electron chi connectivity index (χ0n) is 16.0. The third-order valence-corrected chi connectivity index (χ3v) is 4.40. The van der Waals surface area contributed by atoms with E-state index in [1.54, 1.807) is 29.9 Å². The SMILES string of the molecule is Cc1cc(C(=O)Nc2ccnn2Cc2ccc(C(C)(C)C)cc2)c(C)o1. The van der Waals surface area contributed by atoms with Crippen LogP contribution in [-0.4, -0.2) is 15.7 Å². The molecule has 3 rings (SSSR count). The highest BCUT2D eigenvalue weighted by molar-refractivity contribution is 6.04. The summed E-state index contributed by atoms with van der Waals surface area (Å²) >= 11 is 0. The quantitative estimate of drug-likeness (QED) is 0.742. The topological polar surface area (TPSA) is 60.1 Å². The molecule has 0 unspecified atom stereocenters. The highest BCUT2D eigenvalue weighted by atomic mass is 16.3. The Morgan fingerprint density at radius 2 is 1.85 bits per heavy atom. The molecule has 0 spiro atoms. The van der Waals surface area contributed by atoms with E-state index in [0.29, 0.717) is 23.7 Å². The zero-order valence-corrected chi connectivity index (χ0v) is 16.0. The van der Waals surface area contributed by atoms with Crippen LogP contribution in [0.3, 0.4) is 0 Å². The molecule has 5 nitrogen and oxygen atoms in total. The van der Waals surface area contributed by atoms with E-state index in [4.69, 9.17) is 4.42 Å². The highest BCUT2D eigenvalue weighted by Crippen LogP contribution is 2.23. The fourth-order valence-electron chi connectivity index (χ4n) is 2.89. The van der Waals surface area contributed by atoms with Crippen molar-refractivity contribution in [3.8, 4) is 0 Å². The monoisotopic (exact) mass is 351 g/mol. The maximum atomic E-state index is 12.5. The van der Waals surface area contributed by atoms with Crippen LogP contribution in [0.2, 0.25) is 0 Å². The number of nitrogens with zero attached hydrogens (tertiary/aromatic N) is 2. The van der Waals surface area contributed by atoms with E-state index < -0.39 is 0 Å². The fourth-order valence-corrected chi connectivity index (χ4v) is 2.89. The first-order valence-corrected chi connectivity index (χ1v) is 8.73. The van der Waals surface area contributed by atoms with Gasteiger partial charge in [0.25, 0.3) is 5.91 Å². The lowest BCUT2D eigenvalue weighted by Crippen LogP contribution is -2.16. The summed E-state index contributed by atoms with van der Waals surface area (Å²) in [7, 11) is 0. The van der Waals surface area contributed by atoms with E-state index in [0.717, 1.165) is 11.3 Å². The van der Waals surface area contributed by atoms with Crippen molar-refractivity contribution in [2.75, 3.05) is 5.32 Å². The van der Waals surface area contributed by atoms with Crippen LogP contribution < -0.4 is 5.32 Å². The Balaban J connectivity index is 1.74. The first kappa shape index (κ1) is 18.0. The molecule has 2 aromatic heterocycles. The van der Waals surface area contributed by atoms with Crippen molar-refractivity contribution >= 4 is 11.7 Å².